The number of aromatic nitrogens is 1. The molecule has 30 heavy (non-hydrogen) atoms. The fourth-order valence-electron chi connectivity index (χ4n) is 3.22. The molecule has 148 valence electrons. The van der Waals surface area contributed by atoms with E-state index in [1.807, 2.05) is 31.2 Å². The molecule has 0 aliphatic carbocycles. The molecule has 4 aromatic rings. The first-order chi connectivity index (χ1) is 14.5. The Bertz CT molecular complexity index is 1240. The third-order valence-corrected chi connectivity index (χ3v) is 4.67. The zero-order valence-corrected chi connectivity index (χ0v) is 16.3. The summed E-state index contributed by atoms with van der Waals surface area (Å²) in [6, 6.07) is 22.6. The lowest BCUT2D eigenvalue weighted by molar-refractivity contribution is 0.103. The Kier molecular flexibility index (Phi) is 5.13. The molecule has 0 fully saturated rings. The molecule has 0 radical (unpaired) electrons. The molecule has 0 aliphatic heterocycles. The molecular weight excluding hydrogens is 376 g/mol. The number of rotatable bonds is 4. The lowest BCUT2D eigenvalue weighted by Crippen LogP contribution is -2.19. The van der Waals surface area contributed by atoms with Gasteiger partial charge in [-0.05, 0) is 55.5 Å². The van der Waals surface area contributed by atoms with E-state index in [1.54, 1.807) is 54.6 Å². The number of carbonyl (C=O) groups is 2. The quantitative estimate of drug-likeness (QED) is 0.423. The van der Waals surface area contributed by atoms with Crippen LogP contribution in [0.1, 0.15) is 21.6 Å². The molecule has 1 heterocycles. The van der Waals surface area contributed by atoms with Crippen LogP contribution in [-0.4, -0.2) is 16.8 Å². The lowest BCUT2D eigenvalue weighted by atomic mass is 10.0. The number of hydrogen-bond donors (Lipinski definition) is 3. The van der Waals surface area contributed by atoms with Crippen molar-refractivity contribution in [1.29, 1.82) is 0 Å². The van der Waals surface area contributed by atoms with E-state index in [4.69, 9.17) is 5.73 Å². The second-order valence-electron chi connectivity index (χ2n) is 6.94. The SMILES string of the molecule is Cc1cc(N)c2cc(NC(=O)Nc3ccc(C(=O)c4ccccc4)cc3)ccc2n1. The number of urea groups is 1. The van der Waals surface area contributed by atoms with Gasteiger partial charge in [-0.25, -0.2) is 4.79 Å². The molecule has 0 saturated heterocycles. The number of amides is 2. The van der Waals surface area contributed by atoms with Crippen molar-refractivity contribution in [2.24, 2.45) is 0 Å². The molecule has 1 aromatic heterocycles. The Labute approximate surface area is 173 Å². The molecular formula is C24H20N4O2. The summed E-state index contributed by atoms with van der Waals surface area (Å²) in [5, 5.41) is 6.33. The summed E-state index contributed by atoms with van der Waals surface area (Å²) in [7, 11) is 0. The van der Waals surface area contributed by atoms with Crippen molar-refractivity contribution in [2.45, 2.75) is 6.92 Å². The second kappa shape index (κ2) is 8.05. The van der Waals surface area contributed by atoms with Gasteiger partial charge in [0.1, 0.15) is 0 Å². The second-order valence-corrected chi connectivity index (χ2v) is 6.94. The number of fused-ring (bicyclic) bond motifs is 1. The zero-order chi connectivity index (χ0) is 21.1. The Morgan fingerprint density at radius 1 is 0.800 bits per heavy atom. The van der Waals surface area contributed by atoms with Crippen molar-refractivity contribution >= 4 is 39.8 Å². The summed E-state index contributed by atoms with van der Waals surface area (Å²) >= 11 is 0. The fourth-order valence-corrected chi connectivity index (χ4v) is 3.22. The van der Waals surface area contributed by atoms with Crippen LogP contribution in [0.2, 0.25) is 0 Å². The first-order valence-corrected chi connectivity index (χ1v) is 9.44. The predicted octanol–water partition coefficient (Wildman–Crippen LogP) is 5.00. The van der Waals surface area contributed by atoms with E-state index in [-0.39, 0.29) is 5.78 Å². The van der Waals surface area contributed by atoms with Gasteiger partial charge in [-0.1, -0.05) is 30.3 Å². The third kappa shape index (κ3) is 4.12. The Morgan fingerprint density at radius 3 is 2.17 bits per heavy atom. The van der Waals surface area contributed by atoms with Crippen LogP contribution < -0.4 is 16.4 Å². The number of anilines is 3. The first-order valence-electron chi connectivity index (χ1n) is 9.44. The van der Waals surface area contributed by atoms with E-state index in [0.717, 1.165) is 16.6 Å². The smallest absolute Gasteiger partial charge is 0.323 e. The third-order valence-electron chi connectivity index (χ3n) is 4.67. The number of nitrogens with two attached hydrogens (primary N) is 1. The van der Waals surface area contributed by atoms with Gasteiger partial charge in [-0.3, -0.25) is 9.78 Å². The molecule has 0 spiro atoms. The van der Waals surface area contributed by atoms with Crippen LogP contribution in [0.5, 0.6) is 0 Å². The predicted molar refractivity (Wildman–Crippen MR) is 120 cm³/mol. The average molecular weight is 396 g/mol. The molecule has 6 heteroatoms. The molecule has 6 nitrogen and oxygen atoms in total. The Morgan fingerprint density at radius 2 is 1.43 bits per heavy atom. The van der Waals surface area contributed by atoms with Gasteiger partial charge in [0.15, 0.2) is 5.78 Å². The highest BCUT2D eigenvalue weighted by molar-refractivity contribution is 6.09. The number of benzene rings is 3. The van der Waals surface area contributed by atoms with E-state index >= 15 is 0 Å². The van der Waals surface area contributed by atoms with Gasteiger partial charge in [-0.2, -0.15) is 0 Å². The maximum absolute atomic E-state index is 12.5. The highest BCUT2D eigenvalue weighted by atomic mass is 16.2. The van der Waals surface area contributed by atoms with Crippen LogP contribution in [0.3, 0.4) is 0 Å². The van der Waals surface area contributed by atoms with Gasteiger partial charge < -0.3 is 16.4 Å². The van der Waals surface area contributed by atoms with Gasteiger partial charge in [-0.15, -0.1) is 0 Å². The van der Waals surface area contributed by atoms with Crippen LogP contribution >= 0.6 is 0 Å². The van der Waals surface area contributed by atoms with Crippen molar-refractivity contribution in [3.63, 3.8) is 0 Å². The van der Waals surface area contributed by atoms with Crippen molar-refractivity contribution in [3.8, 4) is 0 Å². The van der Waals surface area contributed by atoms with E-state index in [9.17, 15) is 9.59 Å². The molecule has 0 saturated carbocycles. The van der Waals surface area contributed by atoms with Gasteiger partial charge in [0.2, 0.25) is 0 Å². The van der Waals surface area contributed by atoms with Gasteiger partial charge >= 0.3 is 6.03 Å². The number of nitrogens with zero attached hydrogens (tertiary/aromatic N) is 1. The monoisotopic (exact) mass is 396 g/mol. The summed E-state index contributed by atoms with van der Waals surface area (Å²) in [6.07, 6.45) is 0. The van der Waals surface area contributed by atoms with Gasteiger partial charge in [0, 0.05) is 39.3 Å². The van der Waals surface area contributed by atoms with E-state index in [1.165, 1.54) is 0 Å². The first kappa shape index (κ1) is 19.1. The minimum absolute atomic E-state index is 0.0656. The van der Waals surface area contributed by atoms with Crippen molar-refractivity contribution in [3.05, 3.63) is 95.7 Å². The number of pyridine rings is 1. The standard InChI is InChI=1S/C24H20N4O2/c1-15-13-21(25)20-14-19(11-12-22(20)26-15)28-24(30)27-18-9-7-17(8-10-18)23(29)16-5-3-2-4-6-16/h2-14H,1H3,(H2,25,26)(H2,27,28,30). The average Bonchev–Trinajstić information content (AvgIpc) is 2.75. The molecule has 0 bridgehead atoms. The summed E-state index contributed by atoms with van der Waals surface area (Å²) in [5.41, 5.74) is 10.7. The van der Waals surface area contributed by atoms with Crippen LogP contribution in [0.4, 0.5) is 21.9 Å². The number of hydrogen-bond acceptors (Lipinski definition) is 4. The molecule has 0 aliphatic rings. The Balaban J connectivity index is 1.44. The molecule has 3 aromatic carbocycles. The summed E-state index contributed by atoms with van der Waals surface area (Å²) in [4.78, 5) is 29.3. The summed E-state index contributed by atoms with van der Waals surface area (Å²) < 4.78 is 0. The maximum atomic E-state index is 12.5. The molecule has 0 atom stereocenters. The Hall–Kier alpha value is -4.19. The summed E-state index contributed by atoms with van der Waals surface area (Å²) in [6.45, 7) is 1.88. The van der Waals surface area contributed by atoms with E-state index in [0.29, 0.717) is 28.2 Å². The van der Waals surface area contributed by atoms with Gasteiger partial charge in [0.25, 0.3) is 0 Å². The van der Waals surface area contributed by atoms with Crippen molar-refractivity contribution < 1.29 is 9.59 Å². The largest absolute Gasteiger partial charge is 0.398 e. The van der Waals surface area contributed by atoms with Crippen LogP contribution in [0.25, 0.3) is 10.9 Å². The van der Waals surface area contributed by atoms with Crippen molar-refractivity contribution in [2.75, 3.05) is 16.4 Å². The van der Waals surface area contributed by atoms with E-state index in [2.05, 4.69) is 15.6 Å². The highest BCUT2D eigenvalue weighted by Gasteiger charge is 2.10. The zero-order valence-electron chi connectivity index (χ0n) is 16.3. The summed E-state index contributed by atoms with van der Waals surface area (Å²) in [5.74, 6) is -0.0656. The number of aryl methyl sites for hydroxylation is 1. The van der Waals surface area contributed by atoms with Crippen molar-refractivity contribution in [1.82, 2.24) is 4.98 Å². The molecule has 4 rings (SSSR count). The topological polar surface area (TPSA) is 97.1 Å². The van der Waals surface area contributed by atoms with E-state index < -0.39 is 6.03 Å². The number of nitrogen functional groups attached to an aromatic ring is 1. The minimum Gasteiger partial charge on any atom is -0.398 e. The van der Waals surface area contributed by atoms with Gasteiger partial charge in [0.05, 0.1) is 5.52 Å². The molecule has 0 unspecified atom stereocenters. The number of carbonyl (C=O) groups excluding carboxylic acids is 2. The molecule has 2 amide bonds. The molecule has 4 N–H and O–H groups in total. The maximum Gasteiger partial charge on any atom is 0.323 e. The normalized spacial score (nSPS) is 10.6. The highest BCUT2D eigenvalue weighted by Crippen LogP contribution is 2.24. The minimum atomic E-state index is -0.393. The lowest BCUT2D eigenvalue weighted by Gasteiger charge is -2.10. The van der Waals surface area contributed by atoms with Crippen LogP contribution in [0, 0.1) is 6.92 Å². The number of ketones is 1. The van der Waals surface area contributed by atoms with Crippen LogP contribution in [-0.2, 0) is 0 Å². The van der Waals surface area contributed by atoms with Crippen LogP contribution in [0.15, 0.2) is 78.9 Å². The fraction of sp³-hybridized carbons (Fsp3) is 0.0417. The number of nitrogens with one attached hydrogen (secondary N) is 2.